The number of rotatable bonds is 46. The molecule has 102 heavy (non-hydrogen) atoms. The topological polar surface area (TPSA) is 630 Å². The first-order valence-electron chi connectivity index (χ1n) is 33.5. The van der Waals surface area contributed by atoms with E-state index >= 15 is 0 Å². The van der Waals surface area contributed by atoms with Gasteiger partial charge in [0.25, 0.3) is 0 Å². The molecular formula is C64H108N18O20. The van der Waals surface area contributed by atoms with Crippen LogP contribution in [0.5, 0.6) is 0 Å². The SMILES string of the molecule is CC[C@H](C)[C@H](NC(=O)[C@@H](NC(=O)[C@H](CCC(N)=O)NC(=O)[C@@H](NC(=O)[C@@H](NC(=O)[C@@H](NC(=O)[C@@H](N)Cc1ccccc1)C(C)C)[C@@H](C)O)C(C)C)[C@@H](C)O)C(=O)N[C@@H](CO)C(=O)NCC(=O)N[C@H](C(=O)NCC(=O)N[C@@H](C)C(=O)N[C@@H](CC(C)C)C(=O)N[C@@H](CCCN=C(N)N)C(=O)O)[C@@H](C)O. The first-order chi connectivity index (χ1) is 47.6. The highest BCUT2D eigenvalue weighted by Gasteiger charge is 2.39. The van der Waals surface area contributed by atoms with E-state index in [0.717, 1.165) is 19.4 Å². The second-order valence-corrected chi connectivity index (χ2v) is 25.9. The number of nitrogens with one attached hydrogen (secondary N) is 13. The summed E-state index contributed by atoms with van der Waals surface area (Å²) < 4.78 is 0. The summed E-state index contributed by atoms with van der Waals surface area (Å²) in [5, 5.41) is 82.4. The molecule has 0 radical (unpaired) electrons. The Balaban J connectivity index is 3.14. The van der Waals surface area contributed by atoms with E-state index in [4.69, 9.17) is 22.9 Å². The Morgan fingerprint density at radius 1 is 0.461 bits per heavy atom. The van der Waals surface area contributed by atoms with Crippen LogP contribution in [0.1, 0.15) is 127 Å². The normalized spacial score (nSPS) is 15.9. The summed E-state index contributed by atoms with van der Waals surface area (Å²) in [4.78, 5) is 203. The largest absolute Gasteiger partial charge is 0.480 e. The third kappa shape index (κ3) is 32.8. The zero-order valence-corrected chi connectivity index (χ0v) is 59.8. The molecule has 0 aliphatic heterocycles. The molecule has 0 aromatic heterocycles. The maximum Gasteiger partial charge on any atom is 0.326 e. The molecular weight excluding hydrogens is 1340 g/mol. The molecule has 26 N–H and O–H groups in total. The molecule has 38 heteroatoms. The van der Waals surface area contributed by atoms with Gasteiger partial charge in [0.15, 0.2) is 5.96 Å². The molecule has 0 spiro atoms. The van der Waals surface area contributed by atoms with Crippen LogP contribution in [0.4, 0.5) is 0 Å². The zero-order valence-electron chi connectivity index (χ0n) is 59.8. The van der Waals surface area contributed by atoms with E-state index in [1.54, 1.807) is 65.0 Å². The fraction of sp³-hybridized carbons (Fsp3) is 0.656. The number of hydrogen-bond acceptors (Lipinski definition) is 21. The van der Waals surface area contributed by atoms with Crippen molar-refractivity contribution in [3.05, 3.63) is 35.9 Å². The molecule has 0 saturated heterocycles. The number of guanidine groups is 1. The lowest BCUT2D eigenvalue weighted by atomic mass is 9.97. The lowest BCUT2D eigenvalue weighted by Gasteiger charge is -2.31. The summed E-state index contributed by atoms with van der Waals surface area (Å²) in [6.45, 7) is 14.7. The summed E-state index contributed by atoms with van der Waals surface area (Å²) in [7, 11) is 0. The maximum absolute atomic E-state index is 14.1. The van der Waals surface area contributed by atoms with Gasteiger partial charge in [-0.2, -0.15) is 0 Å². The second kappa shape index (κ2) is 45.3. The van der Waals surface area contributed by atoms with Gasteiger partial charge in [0.2, 0.25) is 82.7 Å². The fourth-order valence-electron chi connectivity index (χ4n) is 9.65. The predicted octanol–water partition coefficient (Wildman–Crippen LogP) is -7.92. The molecule has 0 aliphatic carbocycles. The molecule has 1 rings (SSSR count). The number of aliphatic carboxylic acids is 1. The van der Waals surface area contributed by atoms with Gasteiger partial charge in [-0.25, -0.2) is 4.79 Å². The number of nitrogens with two attached hydrogens (primary N) is 4. The van der Waals surface area contributed by atoms with E-state index in [1.807, 2.05) is 0 Å². The Bertz CT molecular complexity index is 3040. The molecule has 0 saturated carbocycles. The Labute approximate surface area is 591 Å². The average molecular weight is 1450 g/mol. The number of carboxylic acids is 1. The van der Waals surface area contributed by atoms with Gasteiger partial charge in [0, 0.05) is 13.0 Å². The molecule has 14 amide bonds. The first kappa shape index (κ1) is 90.4. The number of nitrogens with zero attached hydrogens (tertiary/aromatic N) is 1. The van der Waals surface area contributed by atoms with Crippen LogP contribution in [-0.4, -0.2) is 237 Å². The quantitative estimate of drug-likeness (QED) is 0.0164. The first-order valence-corrected chi connectivity index (χ1v) is 33.5. The van der Waals surface area contributed by atoms with Crippen molar-refractivity contribution in [2.24, 2.45) is 51.6 Å². The summed E-state index contributed by atoms with van der Waals surface area (Å²) in [6, 6.07) is -9.38. The maximum atomic E-state index is 14.1. The van der Waals surface area contributed by atoms with Crippen LogP contribution in [0.3, 0.4) is 0 Å². The lowest BCUT2D eigenvalue weighted by molar-refractivity contribution is -0.142. The number of aliphatic imine (C=N–C) groups is 1. The van der Waals surface area contributed by atoms with Crippen molar-refractivity contribution >= 4 is 94.6 Å². The summed E-state index contributed by atoms with van der Waals surface area (Å²) in [6.07, 6.45) is -5.45. The Kier molecular flexibility index (Phi) is 40.1. The zero-order chi connectivity index (χ0) is 78.0. The van der Waals surface area contributed by atoms with Gasteiger partial charge in [-0.05, 0) is 89.0 Å². The van der Waals surface area contributed by atoms with Crippen LogP contribution in [-0.2, 0) is 78.3 Å². The number of primary amides is 1. The van der Waals surface area contributed by atoms with Gasteiger partial charge in [0.05, 0.1) is 44.1 Å². The number of aliphatic hydroxyl groups excluding tert-OH is 4. The highest BCUT2D eigenvalue weighted by atomic mass is 16.4. The van der Waals surface area contributed by atoms with Crippen LogP contribution in [0.15, 0.2) is 35.3 Å². The van der Waals surface area contributed by atoms with E-state index in [0.29, 0.717) is 0 Å². The van der Waals surface area contributed by atoms with Crippen LogP contribution in [0.25, 0.3) is 0 Å². The van der Waals surface area contributed by atoms with Crippen molar-refractivity contribution in [2.75, 3.05) is 26.2 Å². The van der Waals surface area contributed by atoms with E-state index in [-0.39, 0.29) is 50.5 Å². The van der Waals surface area contributed by atoms with Crippen molar-refractivity contribution in [1.82, 2.24) is 69.1 Å². The minimum Gasteiger partial charge on any atom is -0.480 e. The van der Waals surface area contributed by atoms with Crippen molar-refractivity contribution < 1.29 is 97.5 Å². The number of carbonyl (C=O) groups excluding carboxylic acids is 14. The van der Waals surface area contributed by atoms with E-state index in [2.05, 4.69) is 74.1 Å². The van der Waals surface area contributed by atoms with Crippen molar-refractivity contribution in [3.63, 3.8) is 0 Å². The van der Waals surface area contributed by atoms with Crippen molar-refractivity contribution in [1.29, 1.82) is 0 Å². The van der Waals surface area contributed by atoms with Gasteiger partial charge in [0.1, 0.15) is 66.5 Å². The average Bonchev–Trinajstić information content (AvgIpc) is 0.846. The molecule has 0 bridgehead atoms. The Morgan fingerprint density at radius 2 is 0.882 bits per heavy atom. The van der Waals surface area contributed by atoms with E-state index < -0.39 is 230 Å². The Morgan fingerprint density at radius 3 is 1.36 bits per heavy atom. The minimum atomic E-state index is -1.91. The van der Waals surface area contributed by atoms with Gasteiger partial charge in [-0.15, -0.1) is 0 Å². The summed E-state index contributed by atoms with van der Waals surface area (Å²) in [5.41, 5.74) is 22.9. The van der Waals surface area contributed by atoms with Gasteiger partial charge in [-0.3, -0.25) is 72.1 Å². The third-order valence-electron chi connectivity index (χ3n) is 15.8. The van der Waals surface area contributed by atoms with Crippen molar-refractivity contribution in [3.8, 4) is 0 Å². The molecule has 1 aromatic carbocycles. The molecule has 574 valence electrons. The fourth-order valence-corrected chi connectivity index (χ4v) is 9.65. The molecule has 0 unspecified atom stereocenters. The molecule has 1 aromatic rings. The number of hydrogen-bond donors (Lipinski definition) is 22. The van der Waals surface area contributed by atoms with Gasteiger partial charge >= 0.3 is 5.97 Å². The number of amides is 14. The highest BCUT2D eigenvalue weighted by Crippen LogP contribution is 2.14. The van der Waals surface area contributed by atoms with Crippen LogP contribution in [0.2, 0.25) is 0 Å². The van der Waals surface area contributed by atoms with Crippen LogP contribution < -0.4 is 92.1 Å². The van der Waals surface area contributed by atoms with Crippen LogP contribution in [0, 0.1) is 23.7 Å². The number of aliphatic hydroxyl groups is 4. The third-order valence-corrected chi connectivity index (χ3v) is 15.8. The highest BCUT2D eigenvalue weighted by molar-refractivity contribution is 6.00. The van der Waals surface area contributed by atoms with Crippen molar-refractivity contribution in [2.45, 2.75) is 219 Å². The second-order valence-electron chi connectivity index (χ2n) is 25.9. The van der Waals surface area contributed by atoms with Crippen LogP contribution >= 0.6 is 0 Å². The summed E-state index contributed by atoms with van der Waals surface area (Å²) in [5.74, 6) is -17.9. The molecule has 0 fully saturated rings. The van der Waals surface area contributed by atoms with Gasteiger partial charge < -0.3 is 118 Å². The standard InChI is InChI=1S/C64H108N18O20/c1-13-32(8)48(60(98)76-42(28-83)54(92)70-27-45(89)77-49(34(10)84)57(95)71-26-44(88)72-33(9)52(90)75-41(24-29(2)3)56(94)74-40(63(101)102)20-17-23-69-64(67)68)80-62(100)50(35(11)85)81-55(93)39(21-22-43(66)87)73-58(96)46(30(4)5)79-61(99)51(36(12)86)82-59(97)47(31(6)7)78-53(91)38(65)25-37-18-15-14-16-19-37/h14-16,18-19,29-36,38-42,46-51,83-86H,13,17,20-28,65H2,1-12H3,(H2,66,87)(H,70,92)(H,71,95)(H,72,88)(H,73,96)(H,74,94)(H,75,90)(H,76,98)(H,77,89)(H,78,91)(H,79,99)(H,80,100)(H,81,93)(H,82,97)(H,101,102)(H4,67,68,69)/t32-,33-,34+,35+,36+,38-,39-,40-,41-,42-,46-,47-,48-,49-,50-,51-/m0/s1. The number of benzene rings is 1. The monoisotopic (exact) mass is 1450 g/mol. The number of carboxylic acid groups (broad SMARTS) is 1. The smallest absolute Gasteiger partial charge is 0.326 e. The number of carbonyl (C=O) groups is 15. The van der Waals surface area contributed by atoms with E-state index in [9.17, 15) is 97.5 Å². The molecule has 0 aliphatic rings. The van der Waals surface area contributed by atoms with Gasteiger partial charge in [-0.1, -0.05) is 92.1 Å². The summed E-state index contributed by atoms with van der Waals surface area (Å²) >= 11 is 0. The molecule has 38 nitrogen and oxygen atoms in total. The van der Waals surface area contributed by atoms with E-state index in [1.165, 1.54) is 34.6 Å². The minimum absolute atomic E-state index is 0.0460. The lowest BCUT2D eigenvalue weighted by Crippen LogP contribution is -2.63. The molecule has 0 heterocycles. The Hall–Kier alpha value is -9.66. The molecule has 16 atom stereocenters. The predicted molar refractivity (Wildman–Crippen MR) is 368 cm³/mol.